The first kappa shape index (κ1) is 21.3. The van der Waals surface area contributed by atoms with Crippen molar-refractivity contribution >= 4 is 40.1 Å². The Labute approximate surface area is 187 Å². The summed E-state index contributed by atoms with van der Waals surface area (Å²) in [5.41, 5.74) is 1.98. The highest BCUT2D eigenvalue weighted by molar-refractivity contribution is 7.98. The summed E-state index contributed by atoms with van der Waals surface area (Å²) in [4.78, 5) is 27.6. The zero-order chi connectivity index (χ0) is 22.5. The Morgan fingerprint density at radius 3 is 2.81 bits per heavy atom. The summed E-state index contributed by atoms with van der Waals surface area (Å²) < 4.78 is 7.03. The molecule has 0 spiro atoms. The standard InChI is InChI=1S/C22H19N5O4S/c1-27-13-24-26-22(27)32-12-14-3-2-4-17(7-14)25-21(30)19-9-15-5-6-18(31-11-20(28)29)8-16(15)10-23-19/h2-10,13H,11-12H2,1H3,(H,25,30)(H,28,29). The summed E-state index contributed by atoms with van der Waals surface area (Å²) in [5, 5.41) is 21.9. The van der Waals surface area contributed by atoms with Crippen LogP contribution in [0.2, 0.25) is 0 Å². The minimum atomic E-state index is -1.05. The number of carboxylic acid groups (broad SMARTS) is 1. The summed E-state index contributed by atoms with van der Waals surface area (Å²) in [6, 6.07) is 14.4. The highest BCUT2D eigenvalue weighted by atomic mass is 32.2. The second-order valence-corrected chi connectivity index (χ2v) is 7.87. The van der Waals surface area contributed by atoms with E-state index in [4.69, 9.17) is 9.84 Å². The zero-order valence-electron chi connectivity index (χ0n) is 17.1. The Balaban J connectivity index is 1.43. The molecule has 0 bridgehead atoms. The van der Waals surface area contributed by atoms with Crippen LogP contribution in [0.4, 0.5) is 5.69 Å². The predicted octanol–water partition coefficient (Wildman–Crippen LogP) is 3.37. The number of hydrogen-bond acceptors (Lipinski definition) is 7. The van der Waals surface area contributed by atoms with Gasteiger partial charge in [-0.1, -0.05) is 30.0 Å². The molecular weight excluding hydrogens is 430 g/mol. The number of fused-ring (bicyclic) bond motifs is 1. The van der Waals surface area contributed by atoms with E-state index in [0.29, 0.717) is 17.2 Å². The summed E-state index contributed by atoms with van der Waals surface area (Å²) in [5.74, 6) is -0.255. The number of carbonyl (C=O) groups is 2. The predicted molar refractivity (Wildman–Crippen MR) is 120 cm³/mol. The first-order chi connectivity index (χ1) is 15.5. The smallest absolute Gasteiger partial charge is 0.341 e. The molecule has 0 aliphatic carbocycles. The van der Waals surface area contributed by atoms with Gasteiger partial charge in [-0.2, -0.15) is 0 Å². The van der Waals surface area contributed by atoms with E-state index in [1.165, 1.54) is 0 Å². The van der Waals surface area contributed by atoms with Gasteiger partial charge >= 0.3 is 5.97 Å². The molecule has 0 aliphatic heterocycles. The molecule has 1 amide bonds. The highest BCUT2D eigenvalue weighted by Gasteiger charge is 2.10. The number of pyridine rings is 1. The Kier molecular flexibility index (Phi) is 6.31. The molecule has 0 radical (unpaired) electrons. The number of aromatic nitrogens is 4. The van der Waals surface area contributed by atoms with Crippen molar-refractivity contribution in [3.63, 3.8) is 0 Å². The van der Waals surface area contributed by atoms with E-state index in [0.717, 1.165) is 21.5 Å². The molecule has 2 aromatic heterocycles. The summed E-state index contributed by atoms with van der Waals surface area (Å²) in [6.45, 7) is -0.421. The molecule has 0 fully saturated rings. The minimum absolute atomic E-state index is 0.274. The number of carbonyl (C=O) groups excluding carboxylic acids is 1. The van der Waals surface area contributed by atoms with Crippen LogP contribution in [0.3, 0.4) is 0 Å². The third kappa shape index (κ3) is 5.22. The van der Waals surface area contributed by atoms with Gasteiger partial charge in [-0.05, 0) is 41.3 Å². The molecule has 0 unspecified atom stereocenters. The van der Waals surface area contributed by atoms with E-state index >= 15 is 0 Å². The molecule has 2 heterocycles. The SMILES string of the molecule is Cn1cnnc1SCc1cccc(NC(=O)c2cc3ccc(OCC(=O)O)cc3cn2)c1. The van der Waals surface area contributed by atoms with Crippen molar-refractivity contribution < 1.29 is 19.4 Å². The molecule has 9 nitrogen and oxygen atoms in total. The average Bonchev–Trinajstić information content (AvgIpc) is 3.20. The largest absolute Gasteiger partial charge is 0.482 e. The number of rotatable bonds is 8. The maximum atomic E-state index is 12.7. The molecule has 4 aromatic rings. The molecule has 4 rings (SSSR count). The van der Waals surface area contributed by atoms with Gasteiger partial charge in [0, 0.05) is 30.1 Å². The average molecular weight is 449 g/mol. The molecule has 0 saturated carbocycles. The Morgan fingerprint density at radius 2 is 2.03 bits per heavy atom. The van der Waals surface area contributed by atoms with E-state index in [9.17, 15) is 9.59 Å². The van der Waals surface area contributed by atoms with E-state index in [2.05, 4.69) is 20.5 Å². The van der Waals surface area contributed by atoms with Gasteiger partial charge in [0.1, 0.15) is 17.8 Å². The van der Waals surface area contributed by atoms with E-state index in [1.54, 1.807) is 48.6 Å². The monoisotopic (exact) mass is 449 g/mol. The molecule has 0 saturated heterocycles. The van der Waals surface area contributed by atoms with Crippen LogP contribution in [-0.4, -0.2) is 43.3 Å². The topological polar surface area (TPSA) is 119 Å². The van der Waals surface area contributed by atoms with Gasteiger partial charge in [-0.15, -0.1) is 10.2 Å². The third-order valence-corrected chi connectivity index (χ3v) is 5.62. The van der Waals surface area contributed by atoms with Gasteiger partial charge < -0.3 is 19.7 Å². The summed E-state index contributed by atoms with van der Waals surface area (Å²) in [6.07, 6.45) is 3.21. The molecule has 162 valence electrons. The minimum Gasteiger partial charge on any atom is -0.482 e. The third-order valence-electron chi connectivity index (χ3n) is 4.51. The van der Waals surface area contributed by atoms with Crippen molar-refractivity contribution in [1.82, 2.24) is 19.7 Å². The summed E-state index contributed by atoms with van der Waals surface area (Å²) >= 11 is 1.56. The van der Waals surface area contributed by atoms with Gasteiger partial charge in [0.2, 0.25) is 0 Å². The van der Waals surface area contributed by atoms with Crippen molar-refractivity contribution in [1.29, 1.82) is 0 Å². The molecule has 0 aliphatic rings. The first-order valence-electron chi connectivity index (χ1n) is 9.59. The quantitative estimate of drug-likeness (QED) is 0.393. The first-order valence-corrected chi connectivity index (χ1v) is 10.6. The number of carboxylic acids is 1. The fourth-order valence-corrected chi connectivity index (χ4v) is 3.79. The van der Waals surface area contributed by atoms with Crippen molar-refractivity contribution in [2.75, 3.05) is 11.9 Å². The van der Waals surface area contributed by atoms with Crippen LogP contribution in [-0.2, 0) is 17.6 Å². The number of hydrogen-bond donors (Lipinski definition) is 2. The van der Waals surface area contributed by atoms with Crippen LogP contribution in [0.15, 0.2) is 66.2 Å². The van der Waals surface area contributed by atoms with Crippen LogP contribution < -0.4 is 10.1 Å². The number of aliphatic carboxylic acids is 1. The van der Waals surface area contributed by atoms with Gasteiger partial charge in [-0.3, -0.25) is 9.78 Å². The number of nitrogens with zero attached hydrogens (tertiary/aromatic N) is 4. The molecule has 2 N–H and O–H groups in total. The lowest BCUT2D eigenvalue weighted by atomic mass is 10.1. The van der Waals surface area contributed by atoms with Crippen molar-refractivity contribution in [2.24, 2.45) is 7.05 Å². The maximum Gasteiger partial charge on any atom is 0.341 e. The lowest BCUT2D eigenvalue weighted by Gasteiger charge is -2.09. The Hall–Kier alpha value is -3.92. The van der Waals surface area contributed by atoms with Gasteiger partial charge in [0.15, 0.2) is 11.8 Å². The number of aryl methyl sites for hydroxylation is 1. The van der Waals surface area contributed by atoms with E-state index in [-0.39, 0.29) is 11.6 Å². The lowest BCUT2D eigenvalue weighted by molar-refractivity contribution is -0.139. The highest BCUT2D eigenvalue weighted by Crippen LogP contribution is 2.23. The van der Waals surface area contributed by atoms with Crippen molar-refractivity contribution in [2.45, 2.75) is 10.9 Å². The number of anilines is 1. The fourth-order valence-electron chi connectivity index (χ4n) is 2.96. The van der Waals surface area contributed by atoms with Crippen LogP contribution in [0.1, 0.15) is 16.1 Å². The molecule has 32 heavy (non-hydrogen) atoms. The van der Waals surface area contributed by atoms with Gasteiger partial charge in [0.25, 0.3) is 5.91 Å². The molecule has 0 atom stereocenters. The molecule has 10 heteroatoms. The number of thioether (sulfide) groups is 1. The van der Waals surface area contributed by atoms with Crippen LogP contribution in [0, 0.1) is 0 Å². The van der Waals surface area contributed by atoms with Crippen molar-refractivity contribution in [3.05, 3.63) is 72.3 Å². The zero-order valence-corrected chi connectivity index (χ0v) is 17.9. The van der Waals surface area contributed by atoms with Crippen LogP contribution in [0.25, 0.3) is 10.8 Å². The normalized spacial score (nSPS) is 10.8. The van der Waals surface area contributed by atoms with Gasteiger partial charge in [0.05, 0.1) is 0 Å². The number of nitrogens with one attached hydrogen (secondary N) is 1. The van der Waals surface area contributed by atoms with Crippen LogP contribution in [0.5, 0.6) is 5.75 Å². The molecule has 2 aromatic carbocycles. The second-order valence-electron chi connectivity index (χ2n) is 6.93. The molecular formula is C22H19N5O4S. The number of amides is 1. The Morgan fingerprint density at radius 1 is 1.16 bits per heavy atom. The fraction of sp³-hybridized carbons (Fsp3) is 0.136. The van der Waals surface area contributed by atoms with Crippen LogP contribution >= 0.6 is 11.8 Å². The summed E-state index contributed by atoms with van der Waals surface area (Å²) in [7, 11) is 1.89. The second kappa shape index (κ2) is 9.48. The number of benzene rings is 2. The Bertz CT molecular complexity index is 1290. The van der Waals surface area contributed by atoms with Crippen molar-refractivity contribution in [3.8, 4) is 5.75 Å². The van der Waals surface area contributed by atoms with Gasteiger partial charge in [-0.25, -0.2) is 4.79 Å². The van der Waals surface area contributed by atoms with E-state index < -0.39 is 12.6 Å². The maximum absolute atomic E-state index is 12.7. The number of ether oxygens (including phenoxy) is 1. The lowest BCUT2D eigenvalue weighted by Crippen LogP contribution is -2.13. The van der Waals surface area contributed by atoms with E-state index in [1.807, 2.05) is 35.9 Å².